The summed E-state index contributed by atoms with van der Waals surface area (Å²) in [5.41, 5.74) is 3.84. The molecule has 0 aromatic heterocycles. The highest BCUT2D eigenvalue weighted by molar-refractivity contribution is 6.15. The Hall–Kier alpha value is -3.03. The minimum absolute atomic E-state index is 0.0517. The molecule has 1 saturated heterocycles. The summed E-state index contributed by atoms with van der Waals surface area (Å²) >= 11 is 0. The van der Waals surface area contributed by atoms with E-state index in [2.05, 4.69) is 9.89 Å². The molecule has 4 rings (SSSR count). The number of halogens is 1. The molecule has 0 radical (unpaired) electrons. The standard InChI is InChI=1S/C26H29FN2O4/c1-2-33-26(31)23(16-28-21-8-7-19-4-3-5-20(19)15-21)25(30)22-14-18(6-9-24(22)27)17-29-10-12-32-13-11-29/h6-9,14-16,30H,2-5,10-13,17H2,1H3. The average molecular weight is 453 g/mol. The van der Waals surface area contributed by atoms with Crippen molar-refractivity contribution in [3.8, 4) is 0 Å². The fourth-order valence-electron chi connectivity index (χ4n) is 4.21. The number of carbonyl (C=O) groups excluding carboxylic acids is 1. The maximum Gasteiger partial charge on any atom is 0.343 e. The van der Waals surface area contributed by atoms with E-state index in [1.54, 1.807) is 19.1 Å². The van der Waals surface area contributed by atoms with Gasteiger partial charge >= 0.3 is 5.97 Å². The highest BCUT2D eigenvalue weighted by Gasteiger charge is 2.20. The smallest absolute Gasteiger partial charge is 0.343 e. The van der Waals surface area contributed by atoms with Gasteiger partial charge in [0.15, 0.2) is 0 Å². The van der Waals surface area contributed by atoms with E-state index in [1.165, 1.54) is 23.4 Å². The highest BCUT2D eigenvalue weighted by atomic mass is 19.1. The third-order valence-electron chi connectivity index (χ3n) is 5.97. The van der Waals surface area contributed by atoms with E-state index < -0.39 is 17.5 Å². The molecule has 174 valence electrons. The van der Waals surface area contributed by atoms with Gasteiger partial charge in [-0.2, -0.15) is 0 Å². The van der Waals surface area contributed by atoms with Gasteiger partial charge in [0.1, 0.15) is 17.1 Å². The van der Waals surface area contributed by atoms with Gasteiger partial charge in [0.2, 0.25) is 0 Å². The molecule has 1 aliphatic heterocycles. The zero-order chi connectivity index (χ0) is 23.2. The van der Waals surface area contributed by atoms with E-state index in [0.717, 1.165) is 37.9 Å². The number of carbonyl (C=O) groups is 1. The number of hydrogen-bond donors (Lipinski definition) is 1. The number of aliphatic hydroxyl groups is 1. The number of esters is 1. The van der Waals surface area contributed by atoms with Crippen LogP contribution in [0.15, 0.2) is 47.0 Å². The van der Waals surface area contributed by atoms with Crippen molar-refractivity contribution < 1.29 is 23.8 Å². The van der Waals surface area contributed by atoms with Crippen molar-refractivity contribution in [3.63, 3.8) is 0 Å². The zero-order valence-corrected chi connectivity index (χ0v) is 18.8. The molecule has 0 bridgehead atoms. The van der Waals surface area contributed by atoms with E-state index in [-0.39, 0.29) is 17.7 Å². The molecular weight excluding hydrogens is 423 g/mol. The van der Waals surface area contributed by atoms with Gasteiger partial charge in [0, 0.05) is 25.8 Å². The first-order valence-electron chi connectivity index (χ1n) is 11.4. The Morgan fingerprint density at radius 2 is 1.97 bits per heavy atom. The zero-order valence-electron chi connectivity index (χ0n) is 18.8. The van der Waals surface area contributed by atoms with Crippen molar-refractivity contribution in [2.75, 3.05) is 32.9 Å². The quantitative estimate of drug-likeness (QED) is 0.292. The summed E-state index contributed by atoms with van der Waals surface area (Å²) in [4.78, 5) is 19.2. The fourth-order valence-corrected chi connectivity index (χ4v) is 4.21. The largest absolute Gasteiger partial charge is 0.506 e. The number of nitrogens with zero attached hydrogens (tertiary/aromatic N) is 2. The van der Waals surface area contributed by atoms with Gasteiger partial charge in [-0.05, 0) is 67.1 Å². The second-order valence-corrected chi connectivity index (χ2v) is 8.25. The van der Waals surface area contributed by atoms with Crippen molar-refractivity contribution in [3.05, 3.63) is 70.0 Å². The number of aliphatic imine (C=N–C) groups is 1. The molecule has 0 unspecified atom stereocenters. The SMILES string of the molecule is CCOC(=O)C(C=Nc1ccc2c(c1)CCC2)=C(O)c1cc(CN2CCOCC2)ccc1F. The normalized spacial score (nSPS) is 17.2. The first-order chi connectivity index (χ1) is 16.0. The molecule has 33 heavy (non-hydrogen) atoms. The van der Waals surface area contributed by atoms with Gasteiger partial charge in [-0.1, -0.05) is 12.1 Å². The number of rotatable bonds is 7. The average Bonchev–Trinajstić information content (AvgIpc) is 3.29. The lowest BCUT2D eigenvalue weighted by Crippen LogP contribution is -2.35. The minimum Gasteiger partial charge on any atom is -0.506 e. The van der Waals surface area contributed by atoms with Crippen molar-refractivity contribution in [2.24, 2.45) is 4.99 Å². The Balaban J connectivity index is 1.65. The van der Waals surface area contributed by atoms with Gasteiger partial charge in [-0.25, -0.2) is 9.18 Å². The number of fused-ring (bicyclic) bond motifs is 1. The Morgan fingerprint density at radius 1 is 1.18 bits per heavy atom. The van der Waals surface area contributed by atoms with Crippen molar-refractivity contribution in [1.82, 2.24) is 4.90 Å². The van der Waals surface area contributed by atoms with Crippen LogP contribution < -0.4 is 0 Å². The summed E-state index contributed by atoms with van der Waals surface area (Å²) < 4.78 is 25.2. The lowest BCUT2D eigenvalue weighted by molar-refractivity contribution is -0.137. The number of hydrogen-bond acceptors (Lipinski definition) is 6. The van der Waals surface area contributed by atoms with Crippen LogP contribution in [0.5, 0.6) is 0 Å². The van der Waals surface area contributed by atoms with E-state index in [9.17, 15) is 14.3 Å². The molecule has 2 aliphatic rings. The summed E-state index contributed by atoms with van der Waals surface area (Å²) in [7, 11) is 0. The van der Waals surface area contributed by atoms with Gasteiger partial charge < -0.3 is 14.6 Å². The summed E-state index contributed by atoms with van der Waals surface area (Å²) in [5, 5.41) is 10.9. The number of morpholine rings is 1. The van der Waals surface area contributed by atoms with E-state index >= 15 is 0 Å². The highest BCUT2D eigenvalue weighted by Crippen LogP contribution is 2.27. The fraction of sp³-hybridized carbons (Fsp3) is 0.385. The van der Waals surface area contributed by atoms with Gasteiger partial charge in [0.05, 0.1) is 31.1 Å². The second kappa shape index (κ2) is 10.7. The Kier molecular flexibility index (Phi) is 7.52. The van der Waals surface area contributed by atoms with Crippen molar-refractivity contribution >= 4 is 23.6 Å². The molecule has 2 aromatic carbocycles. The van der Waals surface area contributed by atoms with Crippen molar-refractivity contribution in [1.29, 1.82) is 0 Å². The van der Waals surface area contributed by atoms with Crippen LogP contribution >= 0.6 is 0 Å². The van der Waals surface area contributed by atoms with E-state index in [0.29, 0.717) is 25.4 Å². The predicted octanol–water partition coefficient (Wildman–Crippen LogP) is 4.38. The van der Waals surface area contributed by atoms with Crippen LogP contribution in [0.4, 0.5) is 10.1 Å². The minimum atomic E-state index is -0.752. The molecule has 1 N–H and O–H groups in total. The van der Waals surface area contributed by atoms with Crippen molar-refractivity contribution in [2.45, 2.75) is 32.7 Å². The molecule has 6 nitrogen and oxygen atoms in total. The van der Waals surface area contributed by atoms with Crippen LogP contribution in [-0.4, -0.2) is 55.1 Å². The third-order valence-corrected chi connectivity index (χ3v) is 5.97. The third kappa shape index (κ3) is 5.67. The van der Waals surface area contributed by atoms with Crippen LogP contribution in [0.1, 0.15) is 35.6 Å². The predicted molar refractivity (Wildman–Crippen MR) is 125 cm³/mol. The molecule has 1 heterocycles. The lowest BCUT2D eigenvalue weighted by atomic mass is 10.0. The maximum atomic E-state index is 14.7. The lowest BCUT2D eigenvalue weighted by Gasteiger charge is -2.26. The van der Waals surface area contributed by atoms with Crippen LogP contribution in [-0.2, 0) is 33.7 Å². The molecular formula is C26H29FN2O4. The number of benzene rings is 2. The first kappa shape index (κ1) is 23.1. The molecule has 7 heteroatoms. The van der Waals surface area contributed by atoms with Crippen LogP contribution in [0.3, 0.4) is 0 Å². The van der Waals surface area contributed by atoms with Crippen LogP contribution in [0.2, 0.25) is 0 Å². The molecule has 2 aromatic rings. The van der Waals surface area contributed by atoms with E-state index in [4.69, 9.17) is 9.47 Å². The van der Waals surface area contributed by atoms with Gasteiger partial charge in [-0.3, -0.25) is 9.89 Å². The molecule has 1 fully saturated rings. The van der Waals surface area contributed by atoms with E-state index in [1.807, 2.05) is 18.2 Å². The topological polar surface area (TPSA) is 71.4 Å². The number of aryl methyl sites for hydroxylation is 2. The molecule has 0 amide bonds. The molecule has 1 aliphatic carbocycles. The Bertz CT molecular complexity index is 1070. The Labute approximate surface area is 193 Å². The number of aliphatic hydroxyl groups excluding tert-OH is 1. The maximum absolute atomic E-state index is 14.7. The second-order valence-electron chi connectivity index (χ2n) is 8.25. The summed E-state index contributed by atoms with van der Waals surface area (Å²) in [6.45, 7) is 5.29. The van der Waals surface area contributed by atoms with Gasteiger partial charge in [-0.15, -0.1) is 0 Å². The molecule has 0 saturated carbocycles. The summed E-state index contributed by atoms with van der Waals surface area (Å²) in [6, 6.07) is 10.5. The first-order valence-corrected chi connectivity index (χ1v) is 11.4. The summed E-state index contributed by atoms with van der Waals surface area (Å²) in [5.74, 6) is -1.86. The van der Waals surface area contributed by atoms with Gasteiger partial charge in [0.25, 0.3) is 0 Å². The Morgan fingerprint density at radius 3 is 2.76 bits per heavy atom. The molecule has 0 spiro atoms. The summed E-state index contributed by atoms with van der Waals surface area (Å²) in [6.07, 6.45) is 4.45. The molecule has 0 atom stereocenters. The van der Waals surface area contributed by atoms with Crippen LogP contribution in [0.25, 0.3) is 5.76 Å². The number of ether oxygens (including phenoxy) is 2. The van der Waals surface area contributed by atoms with Crippen LogP contribution in [0, 0.1) is 5.82 Å². The monoisotopic (exact) mass is 452 g/mol.